The van der Waals surface area contributed by atoms with Crippen molar-refractivity contribution in [3.8, 4) is 0 Å². The molecule has 0 aliphatic carbocycles. The average molecular weight is 342 g/mol. The smallest absolute Gasteiger partial charge is 0.416 e. The molecule has 1 aliphatic rings. The Bertz CT molecular complexity index is 561. The van der Waals surface area contributed by atoms with E-state index in [4.69, 9.17) is 9.84 Å². The van der Waals surface area contributed by atoms with E-state index in [2.05, 4.69) is 0 Å². The van der Waals surface area contributed by atoms with E-state index in [1.54, 1.807) is 0 Å². The number of carboxylic acids is 1. The van der Waals surface area contributed by atoms with Gasteiger partial charge in [-0.2, -0.15) is 26.3 Å². The molecule has 1 heterocycles. The number of ether oxygens (including phenoxy) is 1. The summed E-state index contributed by atoms with van der Waals surface area (Å²) in [4.78, 5) is 10.6. The molecule has 1 aromatic rings. The van der Waals surface area contributed by atoms with Gasteiger partial charge in [-0.1, -0.05) is 0 Å². The van der Waals surface area contributed by atoms with Crippen molar-refractivity contribution in [2.24, 2.45) is 0 Å². The number of carbonyl (C=O) groups is 1. The fraction of sp³-hybridized carbons (Fsp3) is 0.500. The van der Waals surface area contributed by atoms with Crippen molar-refractivity contribution in [2.75, 3.05) is 0 Å². The number of hydrogen-bond donors (Lipinski definition) is 1. The van der Waals surface area contributed by atoms with Crippen molar-refractivity contribution >= 4 is 5.97 Å². The second-order valence-corrected chi connectivity index (χ2v) is 5.26. The van der Waals surface area contributed by atoms with Crippen LogP contribution in [-0.2, 0) is 21.9 Å². The summed E-state index contributed by atoms with van der Waals surface area (Å²) in [5.74, 6) is -1.14. The highest BCUT2D eigenvalue weighted by molar-refractivity contribution is 5.67. The molecule has 128 valence electrons. The van der Waals surface area contributed by atoms with Crippen LogP contribution in [0.15, 0.2) is 18.2 Å². The van der Waals surface area contributed by atoms with Crippen molar-refractivity contribution in [1.29, 1.82) is 0 Å². The SMILES string of the molecule is O=C(O)CC1CCC(c2cc(C(F)(F)F)cc(C(F)(F)F)c2)O1. The van der Waals surface area contributed by atoms with Crippen LogP contribution in [0.1, 0.15) is 42.1 Å². The topological polar surface area (TPSA) is 46.5 Å². The van der Waals surface area contributed by atoms with Crippen molar-refractivity contribution in [2.45, 2.75) is 43.8 Å². The number of halogens is 6. The maximum absolute atomic E-state index is 12.8. The molecule has 1 fully saturated rings. The van der Waals surface area contributed by atoms with E-state index in [1.807, 2.05) is 0 Å². The normalized spacial score (nSPS) is 22.3. The molecule has 3 nitrogen and oxygen atoms in total. The number of benzene rings is 1. The summed E-state index contributed by atoms with van der Waals surface area (Å²) in [6.45, 7) is 0. The molecule has 1 aromatic carbocycles. The van der Waals surface area contributed by atoms with Gasteiger partial charge in [0.1, 0.15) is 0 Å². The number of alkyl halides is 6. The Morgan fingerprint density at radius 3 is 2.00 bits per heavy atom. The Labute approximate surface area is 126 Å². The first-order chi connectivity index (χ1) is 10.5. The van der Waals surface area contributed by atoms with Crippen LogP contribution in [0.4, 0.5) is 26.3 Å². The minimum Gasteiger partial charge on any atom is -0.481 e. The van der Waals surface area contributed by atoms with E-state index in [9.17, 15) is 31.1 Å². The first-order valence-corrected chi connectivity index (χ1v) is 6.63. The van der Waals surface area contributed by atoms with Gasteiger partial charge in [0.25, 0.3) is 0 Å². The molecule has 0 saturated carbocycles. The van der Waals surface area contributed by atoms with Gasteiger partial charge in [0.05, 0.1) is 29.8 Å². The Kier molecular flexibility index (Phi) is 4.61. The van der Waals surface area contributed by atoms with Crippen LogP contribution in [0.2, 0.25) is 0 Å². The van der Waals surface area contributed by atoms with Gasteiger partial charge in [-0.05, 0) is 36.6 Å². The number of hydrogen-bond acceptors (Lipinski definition) is 2. The van der Waals surface area contributed by atoms with Crippen molar-refractivity contribution < 1.29 is 41.0 Å². The summed E-state index contributed by atoms with van der Waals surface area (Å²) in [5.41, 5.74) is -3.07. The van der Waals surface area contributed by atoms with Gasteiger partial charge in [0, 0.05) is 0 Å². The fourth-order valence-electron chi connectivity index (χ4n) is 2.46. The highest BCUT2D eigenvalue weighted by atomic mass is 19.4. The molecular weight excluding hydrogens is 330 g/mol. The summed E-state index contributed by atoms with van der Waals surface area (Å²) in [7, 11) is 0. The monoisotopic (exact) mass is 342 g/mol. The molecule has 1 saturated heterocycles. The van der Waals surface area contributed by atoms with Crippen LogP contribution in [0.5, 0.6) is 0 Å². The lowest BCUT2D eigenvalue weighted by Crippen LogP contribution is -2.14. The number of aliphatic carboxylic acids is 1. The Hall–Kier alpha value is -1.77. The van der Waals surface area contributed by atoms with Crippen molar-refractivity contribution in [3.05, 3.63) is 34.9 Å². The molecule has 2 unspecified atom stereocenters. The van der Waals surface area contributed by atoms with Crippen molar-refractivity contribution in [3.63, 3.8) is 0 Å². The molecule has 0 radical (unpaired) electrons. The number of carboxylic acid groups (broad SMARTS) is 1. The quantitative estimate of drug-likeness (QED) is 0.827. The predicted octanol–water partition coefficient (Wildman–Crippen LogP) is 4.42. The molecule has 2 atom stereocenters. The summed E-state index contributed by atoms with van der Waals surface area (Å²) < 4.78 is 82.0. The van der Waals surface area contributed by atoms with Crippen LogP contribution in [0.25, 0.3) is 0 Å². The molecular formula is C14H12F6O3. The Balaban J connectivity index is 2.33. The zero-order valence-electron chi connectivity index (χ0n) is 11.5. The largest absolute Gasteiger partial charge is 0.481 e. The highest BCUT2D eigenvalue weighted by Gasteiger charge is 2.38. The lowest BCUT2D eigenvalue weighted by molar-refractivity contribution is -0.143. The van der Waals surface area contributed by atoms with E-state index in [1.165, 1.54) is 0 Å². The van der Waals surface area contributed by atoms with Gasteiger partial charge in [-0.25, -0.2) is 0 Å². The Morgan fingerprint density at radius 1 is 1.04 bits per heavy atom. The van der Waals surface area contributed by atoms with Gasteiger partial charge in [0.15, 0.2) is 0 Å². The second-order valence-electron chi connectivity index (χ2n) is 5.26. The highest BCUT2D eigenvalue weighted by Crippen LogP contribution is 2.41. The molecule has 1 aliphatic heterocycles. The zero-order valence-corrected chi connectivity index (χ0v) is 11.5. The van der Waals surface area contributed by atoms with Crippen LogP contribution < -0.4 is 0 Å². The van der Waals surface area contributed by atoms with Gasteiger partial charge in [0.2, 0.25) is 0 Å². The lowest BCUT2D eigenvalue weighted by atomic mass is 9.99. The Morgan fingerprint density at radius 2 is 1.57 bits per heavy atom. The molecule has 0 spiro atoms. The van der Waals surface area contributed by atoms with E-state index in [0.29, 0.717) is 12.1 Å². The molecule has 1 N–H and O–H groups in total. The molecule has 0 bridgehead atoms. The minimum atomic E-state index is -4.92. The minimum absolute atomic E-state index is 0.0488. The van der Waals surface area contributed by atoms with E-state index in [0.717, 1.165) is 0 Å². The van der Waals surface area contributed by atoms with Gasteiger partial charge in [-0.3, -0.25) is 4.79 Å². The lowest BCUT2D eigenvalue weighted by Gasteiger charge is -2.18. The third-order valence-corrected chi connectivity index (χ3v) is 3.49. The van der Waals surface area contributed by atoms with Crippen LogP contribution >= 0.6 is 0 Å². The first kappa shape index (κ1) is 17.6. The predicted molar refractivity (Wildman–Crippen MR) is 65.5 cm³/mol. The molecule has 0 aromatic heterocycles. The summed E-state index contributed by atoms with van der Waals surface area (Å²) in [5, 5.41) is 8.65. The van der Waals surface area contributed by atoms with Gasteiger partial charge >= 0.3 is 18.3 Å². The summed E-state index contributed by atoms with van der Waals surface area (Å²) >= 11 is 0. The van der Waals surface area contributed by atoms with E-state index >= 15 is 0 Å². The average Bonchev–Trinajstić information content (AvgIpc) is 2.83. The zero-order chi connectivity index (χ0) is 17.4. The van der Waals surface area contributed by atoms with Crippen LogP contribution in [-0.4, -0.2) is 17.2 Å². The first-order valence-electron chi connectivity index (χ1n) is 6.63. The van der Waals surface area contributed by atoms with Crippen LogP contribution in [0.3, 0.4) is 0 Å². The summed E-state index contributed by atoms with van der Waals surface area (Å²) in [6, 6.07) is 1.28. The molecule has 9 heteroatoms. The third-order valence-electron chi connectivity index (χ3n) is 3.49. The molecule has 0 amide bonds. The van der Waals surface area contributed by atoms with Crippen molar-refractivity contribution in [1.82, 2.24) is 0 Å². The van der Waals surface area contributed by atoms with E-state index < -0.39 is 41.7 Å². The van der Waals surface area contributed by atoms with Gasteiger partial charge in [-0.15, -0.1) is 0 Å². The fourth-order valence-corrected chi connectivity index (χ4v) is 2.46. The maximum Gasteiger partial charge on any atom is 0.416 e. The standard InChI is InChI=1S/C14H12F6O3/c15-13(16,17)8-3-7(4-9(5-8)14(18,19)20)11-2-1-10(23-11)6-12(21)22/h3-5,10-11H,1-2,6H2,(H,21,22). The molecule has 2 rings (SSSR count). The van der Waals surface area contributed by atoms with Crippen LogP contribution in [0, 0.1) is 0 Å². The maximum atomic E-state index is 12.8. The van der Waals surface area contributed by atoms with E-state index in [-0.39, 0.29) is 30.9 Å². The van der Waals surface area contributed by atoms with Gasteiger partial charge < -0.3 is 9.84 Å². The summed E-state index contributed by atoms with van der Waals surface area (Å²) in [6.07, 6.45) is -11.5. The molecule has 23 heavy (non-hydrogen) atoms. The third kappa shape index (κ3) is 4.37. The number of rotatable bonds is 3. The second kappa shape index (κ2) is 6.03.